The number of phenolic OH excluding ortho intramolecular Hbond substituents is 1. The molecule has 1 aromatic carbocycles. The van der Waals surface area contributed by atoms with Gasteiger partial charge >= 0.3 is 0 Å². The lowest BCUT2D eigenvalue weighted by Crippen LogP contribution is -1.95. The number of carbonyl (C=O) groups excluding carboxylic acids is 1. The van der Waals surface area contributed by atoms with Gasteiger partial charge in [-0.15, -0.1) is 0 Å². The Kier molecular flexibility index (Phi) is 2.38. The zero-order valence-corrected chi connectivity index (χ0v) is 7.64. The van der Waals surface area contributed by atoms with Crippen molar-refractivity contribution in [3.05, 3.63) is 28.3 Å². The highest BCUT2D eigenvalue weighted by Crippen LogP contribution is 2.28. The number of hydrogen-bond acceptors (Lipinski definition) is 2. The van der Waals surface area contributed by atoms with Gasteiger partial charge in [-0.2, -0.15) is 0 Å². The number of Topliss-reactive ketones (excluding diaryl/α,β-unsaturated/α-hetero) is 1. The van der Waals surface area contributed by atoms with Crippen LogP contribution in [0.2, 0.25) is 5.02 Å². The van der Waals surface area contributed by atoms with E-state index in [0.717, 1.165) is 0 Å². The highest BCUT2D eigenvalue weighted by molar-refractivity contribution is 6.34. The van der Waals surface area contributed by atoms with Gasteiger partial charge in [0.2, 0.25) is 0 Å². The van der Waals surface area contributed by atoms with Gasteiger partial charge in [-0.3, -0.25) is 4.79 Å². The summed E-state index contributed by atoms with van der Waals surface area (Å²) in [4.78, 5) is 11.0. The first-order valence-electron chi connectivity index (χ1n) is 3.53. The second-order valence-corrected chi connectivity index (χ2v) is 3.05. The molecule has 1 rings (SSSR count). The van der Waals surface area contributed by atoms with Crippen molar-refractivity contribution in [1.82, 2.24) is 0 Å². The number of hydrogen-bond donors (Lipinski definition) is 1. The van der Waals surface area contributed by atoms with Gasteiger partial charge in [0, 0.05) is 0 Å². The van der Waals surface area contributed by atoms with Crippen molar-refractivity contribution >= 4 is 17.4 Å². The van der Waals surface area contributed by atoms with Crippen LogP contribution >= 0.6 is 11.6 Å². The molecule has 3 heteroatoms. The smallest absolute Gasteiger partial charge is 0.165 e. The fourth-order valence-electron chi connectivity index (χ4n) is 1.01. The Bertz CT molecular complexity index is 332. The van der Waals surface area contributed by atoms with E-state index in [9.17, 15) is 9.90 Å². The normalized spacial score (nSPS) is 9.92. The van der Waals surface area contributed by atoms with E-state index in [-0.39, 0.29) is 17.1 Å². The first kappa shape index (κ1) is 9.07. The molecule has 0 aromatic heterocycles. The Morgan fingerprint density at radius 3 is 2.50 bits per heavy atom. The number of aromatic hydroxyl groups is 1. The van der Waals surface area contributed by atoms with Crippen LogP contribution in [0.15, 0.2) is 12.1 Å². The Hall–Kier alpha value is -1.02. The van der Waals surface area contributed by atoms with Crippen LogP contribution in [0, 0.1) is 6.92 Å². The van der Waals surface area contributed by atoms with Gasteiger partial charge in [0.15, 0.2) is 5.78 Å². The molecule has 0 heterocycles. The number of phenols is 1. The minimum atomic E-state index is -0.221. The molecule has 0 amide bonds. The maximum atomic E-state index is 11.0. The second kappa shape index (κ2) is 3.15. The third-order valence-electron chi connectivity index (χ3n) is 1.68. The molecular formula is C9H9ClO2. The Balaban J connectivity index is 3.43. The third-order valence-corrected chi connectivity index (χ3v) is 2.00. The molecular weight excluding hydrogens is 176 g/mol. The molecule has 12 heavy (non-hydrogen) atoms. The van der Waals surface area contributed by atoms with E-state index < -0.39 is 0 Å². The predicted octanol–water partition coefficient (Wildman–Crippen LogP) is 2.56. The predicted molar refractivity (Wildman–Crippen MR) is 47.9 cm³/mol. The standard InChI is InChI=1S/C9H9ClO2/c1-5-3-4-7(10)8(6(2)11)9(5)12/h3-4,12H,1-2H3. The quantitative estimate of drug-likeness (QED) is 0.682. The van der Waals surface area contributed by atoms with E-state index in [2.05, 4.69) is 0 Å². The van der Waals surface area contributed by atoms with E-state index in [4.69, 9.17) is 11.6 Å². The topological polar surface area (TPSA) is 37.3 Å². The maximum absolute atomic E-state index is 11.0. The molecule has 0 aliphatic carbocycles. The van der Waals surface area contributed by atoms with E-state index >= 15 is 0 Å². The fourth-order valence-corrected chi connectivity index (χ4v) is 1.29. The monoisotopic (exact) mass is 184 g/mol. The zero-order chi connectivity index (χ0) is 9.30. The summed E-state index contributed by atoms with van der Waals surface area (Å²) in [7, 11) is 0. The summed E-state index contributed by atoms with van der Waals surface area (Å²) in [6.07, 6.45) is 0. The van der Waals surface area contributed by atoms with Crippen LogP contribution in [0.5, 0.6) is 5.75 Å². The number of benzene rings is 1. The summed E-state index contributed by atoms with van der Waals surface area (Å²) in [6, 6.07) is 3.28. The van der Waals surface area contributed by atoms with Crippen LogP contribution in [-0.4, -0.2) is 10.9 Å². The lowest BCUT2D eigenvalue weighted by molar-refractivity contribution is 0.101. The average molecular weight is 185 g/mol. The largest absolute Gasteiger partial charge is 0.507 e. The first-order chi connectivity index (χ1) is 5.54. The zero-order valence-electron chi connectivity index (χ0n) is 6.89. The summed E-state index contributed by atoms with van der Waals surface area (Å²) < 4.78 is 0. The lowest BCUT2D eigenvalue weighted by atomic mass is 10.1. The number of ketones is 1. The summed E-state index contributed by atoms with van der Waals surface area (Å²) in [5.41, 5.74) is 0.862. The SMILES string of the molecule is CC(=O)c1c(Cl)ccc(C)c1O. The van der Waals surface area contributed by atoms with E-state index in [1.807, 2.05) is 0 Å². The molecule has 0 unspecified atom stereocenters. The van der Waals surface area contributed by atoms with Gasteiger partial charge in [0.25, 0.3) is 0 Å². The van der Waals surface area contributed by atoms with Crippen LogP contribution in [-0.2, 0) is 0 Å². The minimum Gasteiger partial charge on any atom is -0.507 e. The van der Waals surface area contributed by atoms with Crippen molar-refractivity contribution in [2.45, 2.75) is 13.8 Å². The Labute approximate surface area is 75.8 Å². The van der Waals surface area contributed by atoms with Gasteiger partial charge in [0.1, 0.15) is 5.75 Å². The molecule has 0 bridgehead atoms. The van der Waals surface area contributed by atoms with Gasteiger partial charge in [-0.1, -0.05) is 17.7 Å². The molecule has 1 N–H and O–H groups in total. The second-order valence-electron chi connectivity index (χ2n) is 2.64. The highest BCUT2D eigenvalue weighted by atomic mass is 35.5. The average Bonchev–Trinajstić information content (AvgIpc) is 1.97. The van der Waals surface area contributed by atoms with E-state index in [1.165, 1.54) is 6.92 Å². The van der Waals surface area contributed by atoms with Crippen molar-refractivity contribution in [3.63, 3.8) is 0 Å². The van der Waals surface area contributed by atoms with Gasteiger partial charge in [0.05, 0.1) is 10.6 Å². The summed E-state index contributed by atoms with van der Waals surface area (Å²) >= 11 is 5.72. The molecule has 0 saturated heterocycles. The van der Waals surface area contributed by atoms with Crippen LogP contribution in [0.3, 0.4) is 0 Å². The molecule has 0 fully saturated rings. The Morgan fingerprint density at radius 1 is 1.50 bits per heavy atom. The number of rotatable bonds is 1. The summed E-state index contributed by atoms with van der Waals surface area (Å²) in [5.74, 6) is -0.240. The van der Waals surface area contributed by atoms with Gasteiger partial charge < -0.3 is 5.11 Å². The molecule has 0 saturated carbocycles. The molecule has 0 spiro atoms. The highest BCUT2D eigenvalue weighted by Gasteiger charge is 2.12. The minimum absolute atomic E-state index is 0.0185. The van der Waals surface area contributed by atoms with Crippen LogP contribution in [0.4, 0.5) is 0 Å². The van der Waals surface area contributed by atoms with Crippen LogP contribution in [0.1, 0.15) is 22.8 Å². The van der Waals surface area contributed by atoms with Gasteiger partial charge in [-0.25, -0.2) is 0 Å². The van der Waals surface area contributed by atoms with Gasteiger partial charge in [-0.05, 0) is 25.5 Å². The molecule has 0 atom stereocenters. The van der Waals surface area contributed by atoms with E-state index in [0.29, 0.717) is 10.6 Å². The molecule has 1 aromatic rings. The molecule has 64 valence electrons. The number of halogens is 1. The van der Waals surface area contributed by atoms with Crippen LogP contribution in [0.25, 0.3) is 0 Å². The summed E-state index contributed by atoms with van der Waals surface area (Å²) in [5, 5.41) is 9.74. The molecule has 0 aliphatic rings. The van der Waals surface area contributed by atoms with Crippen molar-refractivity contribution < 1.29 is 9.90 Å². The van der Waals surface area contributed by atoms with Crippen molar-refractivity contribution in [2.24, 2.45) is 0 Å². The maximum Gasteiger partial charge on any atom is 0.165 e. The van der Waals surface area contributed by atoms with Crippen molar-refractivity contribution in [3.8, 4) is 5.75 Å². The molecule has 2 nitrogen and oxygen atoms in total. The Morgan fingerprint density at radius 2 is 2.08 bits per heavy atom. The first-order valence-corrected chi connectivity index (χ1v) is 3.91. The van der Waals surface area contributed by atoms with E-state index in [1.54, 1.807) is 19.1 Å². The van der Waals surface area contributed by atoms with Crippen molar-refractivity contribution in [1.29, 1.82) is 0 Å². The number of carbonyl (C=O) groups is 1. The van der Waals surface area contributed by atoms with Crippen LogP contribution < -0.4 is 0 Å². The molecule has 0 radical (unpaired) electrons. The van der Waals surface area contributed by atoms with Crippen molar-refractivity contribution in [2.75, 3.05) is 0 Å². The lowest BCUT2D eigenvalue weighted by Gasteiger charge is -2.05. The molecule has 0 aliphatic heterocycles. The third kappa shape index (κ3) is 1.43. The summed E-state index contributed by atoms with van der Waals surface area (Å²) in [6.45, 7) is 3.10. The number of aryl methyl sites for hydroxylation is 1. The fraction of sp³-hybridized carbons (Fsp3) is 0.222.